The van der Waals surface area contributed by atoms with Gasteiger partial charge in [-0.25, -0.2) is 14.2 Å². The molecule has 2 heterocycles. The Morgan fingerprint density at radius 3 is 2.67 bits per heavy atom. The van der Waals surface area contributed by atoms with Crippen molar-refractivity contribution in [2.45, 2.75) is 6.92 Å². The quantitative estimate of drug-likeness (QED) is 0.410. The summed E-state index contributed by atoms with van der Waals surface area (Å²) in [6.07, 6.45) is 5.20. The Kier molecular flexibility index (Phi) is 5.67. The molecule has 0 fully saturated rings. The van der Waals surface area contributed by atoms with Crippen molar-refractivity contribution in [2.75, 3.05) is 15.5 Å². The maximum absolute atomic E-state index is 13.8. The number of halogens is 1. The molecule has 0 radical (unpaired) electrons. The van der Waals surface area contributed by atoms with E-state index < -0.39 is 11.8 Å². The number of nitrogens with zero attached hydrogens (tertiary/aromatic N) is 3. The van der Waals surface area contributed by atoms with Crippen molar-refractivity contribution >= 4 is 45.2 Å². The molecular formula is C22H18FN5OS. The highest BCUT2D eigenvalue weighted by Gasteiger charge is 2.18. The first-order valence-corrected chi connectivity index (χ1v) is 10.0. The molecule has 0 aliphatic heterocycles. The van der Waals surface area contributed by atoms with Crippen LogP contribution in [0.3, 0.4) is 0 Å². The molecule has 0 spiro atoms. The number of thiazole rings is 1. The van der Waals surface area contributed by atoms with E-state index in [1.54, 1.807) is 36.8 Å². The molecule has 4 rings (SSSR count). The van der Waals surface area contributed by atoms with E-state index in [9.17, 15) is 9.18 Å². The highest BCUT2D eigenvalue weighted by molar-refractivity contribution is 7.13. The van der Waals surface area contributed by atoms with E-state index in [1.807, 2.05) is 41.5 Å². The number of benzene rings is 2. The Morgan fingerprint density at radius 1 is 1.07 bits per heavy atom. The van der Waals surface area contributed by atoms with Gasteiger partial charge in [-0.05, 0) is 48.9 Å². The average molecular weight is 419 g/mol. The summed E-state index contributed by atoms with van der Waals surface area (Å²) in [6.45, 7) is 1.98. The summed E-state index contributed by atoms with van der Waals surface area (Å²) in [5, 5.41) is 7.96. The minimum atomic E-state index is -0.530. The summed E-state index contributed by atoms with van der Waals surface area (Å²) in [4.78, 5) is 23.0. The Morgan fingerprint density at radius 2 is 1.93 bits per heavy atom. The van der Waals surface area contributed by atoms with E-state index in [0.29, 0.717) is 5.69 Å². The molecule has 150 valence electrons. The molecule has 0 saturated heterocycles. The first kappa shape index (κ1) is 19.5. The number of carbonyl (C=O) groups is 1. The standard InChI is InChI=1S/C22H18FN5OS/c1-15-8-9-16(26-21(29)27-19-7-3-2-6-18(19)23)13-20(15)28(22-25-11-12-30-22)17-5-4-10-24-14-17/h2-14H,1H3,(H2,26,27,29). The van der Waals surface area contributed by atoms with Gasteiger partial charge in [-0.3, -0.25) is 9.88 Å². The zero-order chi connectivity index (χ0) is 20.9. The van der Waals surface area contributed by atoms with Crippen LogP contribution in [0.5, 0.6) is 0 Å². The predicted octanol–water partition coefficient (Wildman–Crippen LogP) is 6.10. The van der Waals surface area contributed by atoms with Crippen molar-refractivity contribution in [3.8, 4) is 0 Å². The number of pyridine rings is 1. The zero-order valence-corrected chi connectivity index (χ0v) is 16.9. The van der Waals surface area contributed by atoms with Crippen molar-refractivity contribution in [3.05, 3.63) is 89.9 Å². The lowest BCUT2D eigenvalue weighted by Gasteiger charge is -2.24. The number of hydrogen-bond donors (Lipinski definition) is 2. The molecule has 4 aromatic rings. The normalized spacial score (nSPS) is 10.5. The SMILES string of the molecule is Cc1ccc(NC(=O)Nc2ccccc2F)cc1N(c1cccnc1)c1nccs1. The van der Waals surface area contributed by atoms with Gasteiger partial charge in [0.25, 0.3) is 0 Å². The lowest BCUT2D eigenvalue weighted by molar-refractivity contribution is 0.262. The molecule has 2 N–H and O–H groups in total. The van der Waals surface area contributed by atoms with Gasteiger partial charge in [-0.2, -0.15) is 0 Å². The third kappa shape index (κ3) is 4.28. The Balaban J connectivity index is 1.63. The number of amides is 2. The van der Waals surface area contributed by atoms with E-state index in [4.69, 9.17) is 0 Å². The van der Waals surface area contributed by atoms with Crippen molar-refractivity contribution in [2.24, 2.45) is 0 Å². The van der Waals surface area contributed by atoms with Gasteiger partial charge in [0, 0.05) is 23.5 Å². The van der Waals surface area contributed by atoms with Crippen LogP contribution in [-0.4, -0.2) is 16.0 Å². The Hall–Kier alpha value is -3.78. The fraction of sp³-hybridized carbons (Fsp3) is 0.0455. The molecule has 2 aromatic carbocycles. The molecule has 2 aromatic heterocycles. The summed E-state index contributed by atoms with van der Waals surface area (Å²) >= 11 is 1.50. The van der Waals surface area contributed by atoms with Crippen LogP contribution in [0.25, 0.3) is 0 Å². The number of urea groups is 1. The molecule has 0 unspecified atom stereocenters. The number of nitrogens with one attached hydrogen (secondary N) is 2. The van der Waals surface area contributed by atoms with Gasteiger partial charge < -0.3 is 10.6 Å². The largest absolute Gasteiger partial charge is 0.323 e. The highest BCUT2D eigenvalue weighted by atomic mass is 32.1. The van der Waals surface area contributed by atoms with Crippen LogP contribution in [0.1, 0.15) is 5.56 Å². The molecule has 6 nitrogen and oxygen atoms in total. The second-order valence-corrected chi connectivity index (χ2v) is 7.29. The second kappa shape index (κ2) is 8.71. The minimum Gasteiger partial charge on any atom is -0.308 e. The van der Waals surface area contributed by atoms with E-state index in [1.165, 1.54) is 23.5 Å². The molecular weight excluding hydrogens is 401 g/mol. The summed E-state index contributed by atoms with van der Waals surface area (Å²) in [5.41, 5.74) is 3.37. The first-order valence-electron chi connectivity index (χ1n) is 9.14. The number of aromatic nitrogens is 2. The zero-order valence-electron chi connectivity index (χ0n) is 16.0. The number of aryl methyl sites for hydroxylation is 1. The molecule has 0 aliphatic carbocycles. The maximum atomic E-state index is 13.8. The van der Waals surface area contributed by atoms with E-state index >= 15 is 0 Å². The van der Waals surface area contributed by atoms with Gasteiger partial charge in [0.2, 0.25) is 0 Å². The van der Waals surface area contributed by atoms with E-state index in [0.717, 1.165) is 22.1 Å². The van der Waals surface area contributed by atoms with Crippen LogP contribution in [-0.2, 0) is 0 Å². The number of para-hydroxylation sites is 1. The van der Waals surface area contributed by atoms with Crippen molar-refractivity contribution in [1.82, 2.24) is 9.97 Å². The molecule has 0 aliphatic rings. The summed E-state index contributed by atoms with van der Waals surface area (Å²) in [5.74, 6) is -0.497. The second-order valence-electron chi connectivity index (χ2n) is 6.42. The predicted molar refractivity (Wildman–Crippen MR) is 118 cm³/mol. The van der Waals surface area contributed by atoms with Crippen molar-refractivity contribution in [1.29, 1.82) is 0 Å². The van der Waals surface area contributed by atoms with Gasteiger partial charge >= 0.3 is 6.03 Å². The Labute approximate surface area is 177 Å². The van der Waals surface area contributed by atoms with Crippen LogP contribution in [0.4, 0.5) is 37.1 Å². The van der Waals surface area contributed by atoms with Gasteiger partial charge in [-0.1, -0.05) is 18.2 Å². The molecule has 0 bridgehead atoms. The number of carbonyl (C=O) groups excluding carboxylic acids is 1. The highest BCUT2D eigenvalue weighted by Crippen LogP contribution is 2.38. The van der Waals surface area contributed by atoms with E-state index in [2.05, 4.69) is 20.6 Å². The first-order chi connectivity index (χ1) is 14.6. The van der Waals surface area contributed by atoms with Gasteiger partial charge in [-0.15, -0.1) is 11.3 Å². The minimum absolute atomic E-state index is 0.113. The monoisotopic (exact) mass is 419 g/mol. The third-order valence-corrected chi connectivity index (χ3v) is 5.10. The molecule has 30 heavy (non-hydrogen) atoms. The topological polar surface area (TPSA) is 70.2 Å². The summed E-state index contributed by atoms with van der Waals surface area (Å²) < 4.78 is 13.8. The van der Waals surface area contributed by atoms with Gasteiger partial charge in [0.05, 0.1) is 23.3 Å². The molecule has 8 heteroatoms. The average Bonchev–Trinajstić information content (AvgIpc) is 3.27. The van der Waals surface area contributed by atoms with Crippen molar-refractivity contribution < 1.29 is 9.18 Å². The molecule has 0 atom stereocenters. The fourth-order valence-corrected chi connectivity index (χ4v) is 3.61. The third-order valence-electron chi connectivity index (χ3n) is 4.34. The number of hydrogen-bond acceptors (Lipinski definition) is 5. The summed E-state index contributed by atoms with van der Waals surface area (Å²) in [7, 11) is 0. The summed E-state index contributed by atoms with van der Waals surface area (Å²) in [6, 6.07) is 14.8. The lowest BCUT2D eigenvalue weighted by atomic mass is 10.1. The van der Waals surface area contributed by atoms with E-state index in [-0.39, 0.29) is 5.69 Å². The van der Waals surface area contributed by atoms with Crippen LogP contribution in [0.15, 0.2) is 78.6 Å². The fourth-order valence-electron chi connectivity index (χ4n) is 2.94. The maximum Gasteiger partial charge on any atom is 0.323 e. The molecule has 0 saturated carbocycles. The van der Waals surface area contributed by atoms with Crippen LogP contribution < -0.4 is 15.5 Å². The number of rotatable bonds is 5. The van der Waals surface area contributed by atoms with Crippen molar-refractivity contribution in [3.63, 3.8) is 0 Å². The lowest BCUT2D eigenvalue weighted by Crippen LogP contribution is -2.20. The number of anilines is 5. The Bertz CT molecular complexity index is 1150. The molecule has 2 amide bonds. The smallest absolute Gasteiger partial charge is 0.308 e. The van der Waals surface area contributed by atoms with Crippen LogP contribution in [0.2, 0.25) is 0 Å². The van der Waals surface area contributed by atoms with Crippen LogP contribution in [0, 0.1) is 12.7 Å². The van der Waals surface area contributed by atoms with Gasteiger partial charge in [0.15, 0.2) is 5.13 Å². The van der Waals surface area contributed by atoms with Gasteiger partial charge in [0.1, 0.15) is 5.82 Å². The van der Waals surface area contributed by atoms with Crippen LogP contribution >= 0.6 is 11.3 Å².